The first-order valence-electron chi connectivity index (χ1n) is 2.71. The smallest absolute Gasteiger partial charge is 0.158 e. The van der Waals surface area contributed by atoms with Crippen LogP contribution >= 0.6 is 54.5 Å². The SMILES string of the molecule is Fc1c(I)cc(Br)nc1CBr. The van der Waals surface area contributed by atoms with Crippen LogP contribution in [-0.4, -0.2) is 4.98 Å². The molecule has 0 unspecified atom stereocenters. The molecule has 60 valence electrons. The van der Waals surface area contributed by atoms with Gasteiger partial charge in [-0.05, 0) is 44.6 Å². The Labute approximate surface area is 94.2 Å². The fraction of sp³-hybridized carbons (Fsp3) is 0.167. The van der Waals surface area contributed by atoms with E-state index in [1.54, 1.807) is 6.07 Å². The first kappa shape index (κ1) is 9.85. The zero-order valence-electron chi connectivity index (χ0n) is 5.24. The van der Waals surface area contributed by atoms with E-state index in [1.807, 2.05) is 22.6 Å². The predicted molar refractivity (Wildman–Crippen MR) is 57.2 cm³/mol. The molecule has 11 heavy (non-hydrogen) atoms. The Bertz CT molecular complexity index is 280. The summed E-state index contributed by atoms with van der Waals surface area (Å²) in [5, 5.41) is 0.439. The summed E-state index contributed by atoms with van der Waals surface area (Å²) < 4.78 is 14.3. The van der Waals surface area contributed by atoms with Crippen LogP contribution < -0.4 is 0 Å². The van der Waals surface area contributed by atoms with Gasteiger partial charge in [-0.2, -0.15) is 0 Å². The van der Waals surface area contributed by atoms with Gasteiger partial charge in [-0.3, -0.25) is 0 Å². The number of alkyl halides is 1. The van der Waals surface area contributed by atoms with Gasteiger partial charge in [0, 0.05) is 5.33 Å². The number of pyridine rings is 1. The van der Waals surface area contributed by atoms with Crippen molar-refractivity contribution in [1.29, 1.82) is 0 Å². The molecule has 0 amide bonds. The molecule has 1 rings (SSSR count). The zero-order chi connectivity index (χ0) is 8.43. The summed E-state index contributed by atoms with van der Waals surface area (Å²) in [6.07, 6.45) is 0. The van der Waals surface area contributed by atoms with Gasteiger partial charge in [-0.1, -0.05) is 15.9 Å². The van der Waals surface area contributed by atoms with E-state index >= 15 is 0 Å². The highest BCUT2D eigenvalue weighted by Gasteiger charge is 2.07. The van der Waals surface area contributed by atoms with Crippen LogP contribution in [0.4, 0.5) is 4.39 Å². The fourth-order valence-electron chi connectivity index (χ4n) is 0.605. The minimum atomic E-state index is -0.245. The number of halogens is 4. The topological polar surface area (TPSA) is 12.9 Å². The third-order valence-corrected chi connectivity index (χ3v) is 2.80. The highest BCUT2D eigenvalue weighted by atomic mass is 127. The summed E-state index contributed by atoms with van der Waals surface area (Å²) in [5.74, 6) is -0.245. The van der Waals surface area contributed by atoms with Crippen molar-refractivity contribution in [2.24, 2.45) is 0 Å². The number of hydrogen-bond donors (Lipinski definition) is 0. The van der Waals surface area contributed by atoms with Crippen molar-refractivity contribution in [1.82, 2.24) is 4.98 Å². The van der Waals surface area contributed by atoms with Gasteiger partial charge < -0.3 is 0 Å². The van der Waals surface area contributed by atoms with Crippen LogP contribution in [0.2, 0.25) is 0 Å². The molecule has 1 nitrogen and oxygen atoms in total. The molecule has 0 aliphatic rings. The Hall–Kier alpha value is 0.770. The van der Waals surface area contributed by atoms with Crippen LogP contribution in [-0.2, 0) is 5.33 Å². The van der Waals surface area contributed by atoms with Gasteiger partial charge >= 0.3 is 0 Å². The highest BCUT2D eigenvalue weighted by Crippen LogP contribution is 2.19. The average Bonchev–Trinajstić information content (AvgIpc) is 1.96. The maximum absolute atomic E-state index is 13.1. The zero-order valence-corrected chi connectivity index (χ0v) is 10.6. The second-order valence-electron chi connectivity index (χ2n) is 1.82. The molecule has 0 spiro atoms. The molecule has 0 aliphatic heterocycles. The lowest BCUT2D eigenvalue weighted by molar-refractivity contribution is 0.600. The van der Waals surface area contributed by atoms with Crippen molar-refractivity contribution in [2.45, 2.75) is 5.33 Å². The van der Waals surface area contributed by atoms with Crippen molar-refractivity contribution < 1.29 is 4.39 Å². The van der Waals surface area contributed by atoms with Gasteiger partial charge in [0.1, 0.15) is 4.60 Å². The highest BCUT2D eigenvalue weighted by molar-refractivity contribution is 14.1. The largest absolute Gasteiger partial charge is 0.242 e. The van der Waals surface area contributed by atoms with E-state index in [-0.39, 0.29) is 5.82 Å². The molecular formula is C6H3Br2FIN. The van der Waals surface area contributed by atoms with E-state index in [0.29, 0.717) is 19.2 Å². The lowest BCUT2D eigenvalue weighted by atomic mass is 10.4. The predicted octanol–water partition coefficient (Wildman–Crippen LogP) is 3.48. The lowest BCUT2D eigenvalue weighted by Crippen LogP contribution is -1.94. The van der Waals surface area contributed by atoms with Crippen LogP contribution in [0.5, 0.6) is 0 Å². The number of hydrogen-bond acceptors (Lipinski definition) is 1. The molecule has 0 aromatic carbocycles. The Kier molecular flexibility index (Phi) is 3.70. The minimum absolute atomic E-state index is 0.245. The van der Waals surface area contributed by atoms with Crippen molar-refractivity contribution in [3.63, 3.8) is 0 Å². The fourth-order valence-corrected chi connectivity index (χ4v) is 2.45. The van der Waals surface area contributed by atoms with E-state index in [1.165, 1.54) is 0 Å². The van der Waals surface area contributed by atoms with Crippen molar-refractivity contribution >= 4 is 54.5 Å². The molecule has 1 aromatic rings. The van der Waals surface area contributed by atoms with E-state index in [0.717, 1.165) is 0 Å². The van der Waals surface area contributed by atoms with Crippen molar-refractivity contribution in [3.8, 4) is 0 Å². The van der Waals surface area contributed by atoms with E-state index in [9.17, 15) is 4.39 Å². The lowest BCUT2D eigenvalue weighted by Gasteiger charge is -2.00. The summed E-state index contributed by atoms with van der Waals surface area (Å²) in [6.45, 7) is 0. The average molecular weight is 395 g/mol. The Morgan fingerprint density at radius 2 is 2.27 bits per heavy atom. The minimum Gasteiger partial charge on any atom is -0.242 e. The molecule has 0 atom stereocenters. The summed E-state index contributed by atoms with van der Waals surface area (Å²) in [4.78, 5) is 3.94. The summed E-state index contributed by atoms with van der Waals surface area (Å²) in [7, 11) is 0. The molecule has 5 heteroatoms. The Morgan fingerprint density at radius 3 is 2.82 bits per heavy atom. The molecule has 0 saturated carbocycles. The summed E-state index contributed by atoms with van der Waals surface area (Å²) in [5.41, 5.74) is 0.434. The van der Waals surface area contributed by atoms with Crippen LogP contribution in [0.3, 0.4) is 0 Å². The maximum Gasteiger partial charge on any atom is 0.158 e. The molecule has 0 N–H and O–H groups in total. The first-order valence-corrected chi connectivity index (χ1v) is 5.71. The van der Waals surface area contributed by atoms with E-state index in [4.69, 9.17) is 0 Å². The quantitative estimate of drug-likeness (QED) is 0.404. The molecular weight excluding hydrogens is 392 g/mol. The summed E-state index contributed by atoms with van der Waals surface area (Å²) >= 11 is 8.27. The molecule has 1 heterocycles. The van der Waals surface area contributed by atoms with E-state index < -0.39 is 0 Å². The molecule has 0 radical (unpaired) electrons. The van der Waals surface area contributed by atoms with Gasteiger partial charge in [0.05, 0.1) is 9.26 Å². The second-order valence-corrected chi connectivity index (χ2v) is 4.36. The molecule has 0 fully saturated rings. The molecule has 0 saturated heterocycles. The maximum atomic E-state index is 13.1. The Morgan fingerprint density at radius 1 is 1.64 bits per heavy atom. The van der Waals surface area contributed by atoms with Gasteiger partial charge in [0.25, 0.3) is 0 Å². The molecule has 0 bridgehead atoms. The van der Waals surface area contributed by atoms with Crippen molar-refractivity contribution in [3.05, 3.63) is 25.8 Å². The normalized spacial score (nSPS) is 10.2. The van der Waals surface area contributed by atoms with Crippen molar-refractivity contribution in [2.75, 3.05) is 0 Å². The second kappa shape index (κ2) is 4.13. The molecule has 0 aliphatic carbocycles. The van der Waals surface area contributed by atoms with Gasteiger partial charge in [0.15, 0.2) is 5.82 Å². The summed E-state index contributed by atoms with van der Waals surface area (Å²) in [6, 6.07) is 1.64. The third-order valence-electron chi connectivity index (χ3n) is 1.08. The van der Waals surface area contributed by atoms with Gasteiger partial charge in [-0.25, -0.2) is 9.37 Å². The van der Waals surface area contributed by atoms with Crippen LogP contribution in [0.1, 0.15) is 5.69 Å². The molecule has 1 aromatic heterocycles. The first-order chi connectivity index (χ1) is 5.15. The monoisotopic (exact) mass is 393 g/mol. The Balaban J connectivity index is 3.24. The van der Waals surface area contributed by atoms with Crippen LogP contribution in [0.15, 0.2) is 10.7 Å². The van der Waals surface area contributed by atoms with E-state index in [2.05, 4.69) is 36.8 Å². The number of nitrogens with zero attached hydrogens (tertiary/aromatic N) is 1. The van der Waals surface area contributed by atoms with Gasteiger partial charge in [0.2, 0.25) is 0 Å². The third kappa shape index (κ3) is 2.35. The van der Waals surface area contributed by atoms with Crippen LogP contribution in [0, 0.1) is 9.39 Å². The van der Waals surface area contributed by atoms with Crippen LogP contribution in [0.25, 0.3) is 0 Å². The number of aromatic nitrogens is 1. The van der Waals surface area contributed by atoms with Gasteiger partial charge in [-0.15, -0.1) is 0 Å². The number of rotatable bonds is 1. The standard InChI is InChI=1S/C6H3Br2FIN/c7-2-4-6(9)3(10)1-5(8)11-4/h1H,2H2.